The molecule has 2 N–H and O–H groups in total. The number of alkyl carbamates (subject to hydrolysis) is 1. The zero-order chi connectivity index (χ0) is 27.2. The maximum absolute atomic E-state index is 13.3. The maximum Gasteiger partial charge on any atom is 0.408 e. The monoisotopic (exact) mass is 534 g/mol. The molecule has 2 amide bonds. The van der Waals surface area contributed by atoms with Crippen LogP contribution in [0.5, 0.6) is 0 Å². The molecule has 3 rings (SSSR count). The average molecular weight is 535 g/mol. The quantitative estimate of drug-likeness (QED) is 0.297. The SMILES string of the molecule is CC(C)[C@@H](NC(=O)[C@H](CSCc1ccccc1)NC(=O)OCc1ccccc1)C(=O)OCc1ccccc1. The topological polar surface area (TPSA) is 93.7 Å². The fourth-order valence-corrected chi connectivity index (χ4v) is 4.55. The molecule has 0 aromatic heterocycles. The Morgan fingerprint density at radius 1 is 0.711 bits per heavy atom. The summed E-state index contributed by atoms with van der Waals surface area (Å²) in [5.41, 5.74) is 2.80. The number of thioether (sulfide) groups is 1. The summed E-state index contributed by atoms with van der Waals surface area (Å²) >= 11 is 1.50. The molecule has 38 heavy (non-hydrogen) atoms. The van der Waals surface area contributed by atoms with Crippen molar-refractivity contribution in [3.05, 3.63) is 108 Å². The average Bonchev–Trinajstić information content (AvgIpc) is 2.94. The number of carbonyl (C=O) groups excluding carboxylic acids is 3. The summed E-state index contributed by atoms with van der Waals surface area (Å²) < 4.78 is 10.8. The molecule has 0 aliphatic carbocycles. The Hall–Kier alpha value is -3.78. The van der Waals surface area contributed by atoms with Crippen LogP contribution >= 0.6 is 11.8 Å². The summed E-state index contributed by atoms with van der Waals surface area (Å²) in [6.07, 6.45) is -0.706. The first-order valence-corrected chi connectivity index (χ1v) is 13.7. The van der Waals surface area contributed by atoms with Crippen LogP contribution in [0.25, 0.3) is 0 Å². The van der Waals surface area contributed by atoms with E-state index in [1.165, 1.54) is 11.8 Å². The van der Waals surface area contributed by atoms with E-state index in [4.69, 9.17) is 9.47 Å². The summed E-state index contributed by atoms with van der Waals surface area (Å²) in [5.74, 6) is -0.259. The van der Waals surface area contributed by atoms with Gasteiger partial charge in [-0.05, 0) is 22.6 Å². The lowest BCUT2D eigenvalue weighted by molar-refractivity contribution is -0.150. The highest BCUT2D eigenvalue weighted by atomic mass is 32.2. The van der Waals surface area contributed by atoms with Crippen LogP contribution in [0.2, 0.25) is 0 Å². The van der Waals surface area contributed by atoms with Gasteiger partial charge in [-0.15, -0.1) is 0 Å². The molecule has 0 heterocycles. The summed E-state index contributed by atoms with van der Waals surface area (Å²) in [6.45, 7) is 3.85. The number of hydrogen-bond donors (Lipinski definition) is 2. The first kappa shape index (κ1) is 28.8. The third-order valence-electron chi connectivity index (χ3n) is 5.66. The van der Waals surface area contributed by atoms with Gasteiger partial charge in [0.2, 0.25) is 5.91 Å². The van der Waals surface area contributed by atoms with Crippen molar-refractivity contribution in [3.63, 3.8) is 0 Å². The second kappa shape index (κ2) is 15.5. The van der Waals surface area contributed by atoms with E-state index in [1.54, 1.807) is 0 Å². The van der Waals surface area contributed by atoms with E-state index in [-0.39, 0.29) is 19.1 Å². The third kappa shape index (κ3) is 9.94. The molecule has 0 bridgehead atoms. The van der Waals surface area contributed by atoms with Crippen molar-refractivity contribution < 1.29 is 23.9 Å². The highest BCUT2D eigenvalue weighted by Gasteiger charge is 2.30. The Morgan fingerprint density at radius 3 is 1.74 bits per heavy atom. The second-order valence-corrected chi connectivity index (χ2v) is 10.1. The highest BCUT2D eigenvalue weighted by Crippen LogP contribution is 2.14. The van der Waals surface area contributed by atoms with Crippen molar-refractivity contribution in [2.45, 2.75) is 44.9 Å². The van der Waals surface area contributed by atoms with Gasteiger partial charge in [-0.1, -0.05) is 105 Å². The largest absolute Gasteiger partial charge is 0.459 e. The first-order chi connectivity index (χ1) is 18.4. The number of carbonyl (C=O) groups is 3. The minimum atomic E-state index is -0.907. The Balaban J connectivity index is 1.61. The highest BCUT2D eigenvalue weighted by molar-refractivity contribution is 7.98. The van der Waals surface area contributed by atoms with Crippen LogP contribution in [0, 0.1) is 5.92 Å². The Kier molecular flexibility index (Phi) is 11.7. The molecule has 0 aliphatic heterocycles. The van der Waals surface area contributed by atoms with Gasteiger partial charge in [0.15, 0.2) is 0 Å². The molecular weight excluding hydrogens is 500 g/mol. The summed E-state index contributed by atoms with van der Waals surface area (Å²) in [5, 5.41) is 5.45. The summed E-state index contributed by atoms with van der Waals surface area (Å²) in [7, 11) is 0. The number of nitrogens with one attached hydrogen (secondary N) is 2. The molecule has 3 aromatic rings. The molecule has 0 fully saturated rings. The second-order valence-electron chi connectivity index (χ2n) is 9.08. The van der Waals surface area contributed by atoms with Crippen LogP contribution in [0.1, 0.15) is 30.5 Å². The summed E-state index contributed by atoms with van der Waals surface area (Å²) in [6, 6.07) is 26.7. The predicted molar refractivity (Wildman–Crippen MR) is 149 cm³/mol. The summed E-state index contributed by atoms with van der Waals surface area (Å²) in [4.78, 5) is 38.7. The smallest absolute Gasteiger partial charge is 0.408 e. The molecular formula is C30H34N2O5S. The van der Waals surface area contributed by atoms with Gasteiger partial charge in [0.1, 0.15) is 25.3 Å². The van der Waals surface area contributed by atoms with E-state index in [1.807, 2.05) is 105 Å². The molecule has 200 valence electrons. The van der Waals surface area contributed by atoms with Gasteiger partial charge in [-0.3, -0.25) is 4.79 Å². The van der Waals surface area contributed by atoms with E-state index in [9.17, 15) is 14.4 Å². The predicted octanol–water partition coefficient (Wildman–Crippen LogP) is 5.10. The normalized spacial score (nSPS) is 12.3. The fraction of sp³-hybridized carbons (Fsp3) is 0.300. The van der Waals surface area contributed by atoms with Crippen molar-refractivity contribution >= 4 is 29.7 Å². The first-order valence-electron chi connectivity index (χ1n) is 12.5. The molecule has 0 aliphatic rings. The Labute approximate surface area is 228 Å². The molecule has 3 aromatic carbocycles. The number of esters is 1. The Bertz CT molecular complexity index is 1140. The van der Waals surface area contributed by atoms with Gasteiger partial charge < -0.3 is 20.1 Å². The van der Waals surface area contributed by atoms with E-state index in [0.29, 0.717) is 11.5 Å². The van der Waals surface area contributed by atoms with E-state index < -0.39 is 30.1 Å². The van der Waals surface area contributed by atoms with Crippen molar-refractivity contribution in [1.29, 1.82) is 0 Å². The lowest BCUT2D eigenvalue weighted by Crippen LogP contribution is -2.54. The standard InChI is InChI=1S/C30H34N2O5S/c1-22(2)27(29(34)36-18-23-12-6-3-7-13-23)32-28(33)26(21-38-20-25-16-10-5-11-17-25)31-30(35)37-19-24-14-8-4-9-15-24/h3-17,22,26-27H,18-21H2,1-2H3,(H,31,35)(H,32,33)/t26-,27+/m0/s1. The van der Waals surface area contributed by atoms with E-state index >= 15 is 0 Å². The van der Waals surface area contributed by atoms with Gasteiger partial charge >= 0.3 is 12.1 Å². The third-order valence-corrected chi connectivity index (χ3v) is 6.77. The minimum absolute atomic E-state index is 0.0819. The molecule has 8 heteroatoms. The lowest BCUT2D eigenvalue weighted by atomic mass is 10.0. The van der Waals surface area contributed by atoms with Crippen molar-refractivity contribution in [1.82, 2.24) is 10.6 Å². The van der Waals surface area contributed by atoms with Gasteiger partial charge in [0, 0.05) is 11.5 Å². The number of benzene rings is 3. The number of hydrogen-bond acceptors (Lipinski definition) is 6. The molecule has 0 saturated carbocycles. The molecule has 2 atom stereocenters. The zero-order valence-electron chi connectivity index (χ0n) is 21.7. The van der Waals surface area contributed by atoms with E-state index in [2.05, 4.69) is 10.6 Å². The van der Waals surface area contributed by atoms with Crippen molar-refractivity contribution in [2.24, 2.45) is 5.92 Å². The van der Waals surface area contributed by atoms with Crippen LogP contribution in [0.3, 0.4) is 0 Å². The van der Waals surface area contributed by atoms with Gasteiger partial charge in [-0.25, -0.2) is 9.59 Å². The molecule has 7 nitrogen and oxygen atoms in total. The molecule has 0 radical (unpaired) electrons. The lowest BCUT2D eigenvalue weighted by Gasteiger charge is -2.24. The van der Waals surface area contributed by atoms with Gasteiger partial charge in [0.25, 0.3) is 0 Å². The minimum Gasteiger partial charge on any atom is -0.459 e. The molecule has 0 unspecified atom stereocenters. The van der Waals surface area contributed by atoms with Crippen LogP contribution in [0.15, 0.2) is 91.0 Å². The fourth-order valence-electron chi connectivity index (χ4n) is 3.53. The van der Waals surface area contributed by atoms with Crippen molar-refractivity contribution in [3.8, 4) is 0 Å². The van der Waals surface area contributed by atoms with Gasteiger partial charge in [-0.2, -0.15) is 11.8 Å². The van der Waals surface area contributed by atoms with Crippen molar-refractivity contribution in [2.75, 3.05) is 5.75 Å². The number of rotatable bonds is 13. The Morgan fingerprint density at radius 2 is 1.21 bits per heavy atom. The number of ether oxygens (including phenoxy) is 2. The van der Waals surface area contributed by atoms with Crippen LogP contribution < -0.4 is 10.6 Å². The molecule has 0 saturated heterocycles. The van der Waals surface area contributed by atoms with Crippen LogP contribution in [-0.4, -0.2) is 35.8 Å². The zero-order valence-corrected chi connectivity index (χ0v) is 22.5. The molecule has 0 spiro atoms. The maximum atomic E-state index is 13.3. The van der Waals surface area contributed by atoms with Gasteiger partial charge in [0.05, 0.1) is 0 Å². The van der Waals surface area contributed by atoms with Crippen LogP contribution in [-0.2, 0) is 38.0 Å². The number of amides is 2. The van der Waals surface area contributed by atoms with E-state index in [0.717, 1.165) is 16.7 Å². The van der Waals surface area contributed by atoms with Crippen LogP contribution in [0.4, 0.5) is 4.79 Å².